The molecule has 0 saturated heterocycles. The molecule has 1 aromatic carbocycles. The van der Waals surface area contributed by atoms with E-state index in [0.29, 0.717) is 12.5 Å². The van der Waals surface area contributed by atoms with E-state index in [1.165, 1.54) is 11.6 Å². The number of carboxylic acid groups (broad SMARTS) is 1. The first-order valence-electron chi connectivity index (χ1n) is 6.19. The predicted octanol–water partition coefficient (Wildman–Crippen LogP) is 3.10. The Labute approximate surface area is 107 Å². The van der Waals surface area contributed by atoms with Crippen LogP contribution in [-0.2, 0) is 4.79 Å². The molecule has 0 bridgehead atoms. The van der Waals surface area contributed by atoms with Crippen LogP contribution in [0.2, 0.25) is 0 Å². The topological polar surface area (TPSA) is 46.5 Å². The standard InChI is InChI=1S/C15H18O3/c1-10-3-6-14(11(2)7-10)18-9-13(8-15(16)17)12-4-5-12/h3,6-8,12H,4-5,9H2,1-2H3,(H,16,17)/b13-8-. The van der Waals surface area contributed by atoms with Crippen LogP contribution >= 0.6 is 0 Å². The number of ether oxygens (including phenoxy) is 1. The lowest BCUT2D eigenvalue weighted by atomic mass is 10.1. The molecule has 3 heteroatoms. The summed E-state index contributed by atoms with van der Waals surface area (Å²) >= 11 is 0. The largest absolute Gasteiger partial charge is 0.489 e. The highest BCUT2D eigenvalue weighted by Crippen LogP contribution is 2.36. The number of aliphatic carboxylic acids is 1. The van der Waals surface area contributed by atoms with Crippen molar-refractivity contribution < 1.29 is 14.6 Å². The fourth-order valence-corrected chi connectivity index (χ4v) is 2.01. The molecule has 0 spiro atoms. The van der Waals surface area contributed by atoms with Gasteiger partial charge in [-0.2, -0.15) is 0 Å². The molecule has 0 aliphatic heterocycles. The molecular formula is C15H18O3. The van der Waals surface area contributed by atoms with Gasteiger partial charge in [-0.05, 0) is 49.8 Å². The van der Waals surface area contributed by atoms with Crippen molar-refractivity contribution in [2.75, 3.05) is 6.61 Å². The minimum Gasteiger partial charge on any atom is -0.489 e. The Bertz CT molecular complexity index is 485. The van der Waals surface area contributed by atoms with Gasteiger partial charge in [-0.25, -0.2) is 4.79 Å². The number of hydrogen-bond donors (Lipinski definition) is 1. The molecule has 0 radical (unpaired) electrons. The van der Waals surface area contributed by atoms with Crippen molar-refractivity contribution in [3.63, 3.8) is 0 Å². The molecular weight excluding hydrogens is 228 g/mol. The van der Waals surface area contributed by atoms with Crippen LogP contribution in [0, 0.1) is 19.8 Å². The van der Waals surface area contributed by atoms with Crippen LogP contribution < -0.4 is 4.74 Å². The summed E-state index contributed by atoms with van der Waals surface area (Å²) in [6.07, 6.45) is 3.45. The third kappa shape index (κ3) is 3.36. The number of benzene rings is 1. The van der Waals surface area contributed by atoms with Gasteiger partial charge in [-0.1, -0.05) is 17.7 Å². The molecule has 1 N–H and O–H groups in total. The molecule has 1 aliphatic rings. The highest BCUT2D eigenvalue weighted by atomic mass is 16.5. The summed E-state index contributed by atoms with van der Waals surface area (Å²) < 4.78 is 5.72. The minimum atomic E-state index is -0.888. The van der Waals surface area contributed by atoms with E-state index in [9.17, 15) is 4.79 Å². The van der Waals surface area contributed by atoms with Gasteiger partial charge >= 0.3 is 5.97 Å². The second-order valence-corrected chi connectivity index (χ2v) is 4.89. The summed E-state index contributed by atoms with van der Waals surface area (Å²) in [6, 6.07) is 6.00. The Kier molecular flexibility index (Phi) is 3.70. The summed E-state index contributed by atoms with van der Waals surface area (Å²) in [5.41, 5.74) is 3.17. The lowest BCUT2D eigenvalue weighted by molar-refractivity contribution is -0.131. The summed E-state index contributed by atoms with van der Waals surface area (Å²) in [5, 5.41) is 8.82. The molecule has 0 heterocycles. The number of hydrogen-bond acceptors (Lipinski definition) is 2. The van der Waals surface area contributed by atoms with E-state index in [2.05, 4.69) is 6.07 Å². The lowest BCUT2D eigenvalue weighted by Gasteiger charge is -2.11. The maximum Gasteiger partial charge on any atom is 0.328 e. The SMILES string of the molecule is Cc1ccc(OC/C(=C/C(=O)O)C2CC2)c(C)c1. The van der Waals surface area contributed by atoms with Crippen molar-refractivity contribution in [1.29, 1.82) is 0 Å². The normalized spacial score (nSPS) is 15.6. The van der Waals surface area contributed by atoms with Crippen molar-refractivity contribution in [2.45, 2.75) is 26.7 Å². The Morgan fingerprint density at radius 1 is 1.44 bits per heavy atom. The lowest BCUT2D eigenvalue weighted by Crippen LogP contribution is -2.06. The molecule has 96 valence electrons. The molecule has 3 nitrogen and oxygen atoms in total. The maximum absolute atomic E-state index is 10.7. The van der Waals surface area contributed by atoms with Crippen molar-refractivity contribution >= 4 is 5.97 Å². The van der Waals surface area contributed by atoms with Gasteiger partial charge in [0.1, 0.15) is 12.4 Å². The molecule has 1 fully saturated rings. The highest BCUT2D eigenvalue weighted by molar-refractivity contribution is 5.80. The fraction of sp³-hybridized carbons (Fsp3) is 0.400. The van der Waals surface area contributed by atoms with Crippen LogP contribution in [0.15, 0.2) is 29.8 Å². The first-order valence-corrected chi connectivity index (χ1v) is 6.19. The van der Waals surface area contributed by atoms with E-state index >= 15 is 0 Å². The molecule has 1 aromatic rings. The van der Waals surface area contributed by atoms with Gasteiger partial charge in [0.05, 0.1) is 0 Å². The monoisotopic (exact) mass is 246 g/mol. The van der Waals surface area contributed by atoms with Crippen LogP contribution in [0.3, 0.4) is 0 Å². The molecule has 0 amide bonds. The van der Waals surface area contributed by atoms with Crippen molar-refractivity contribution in [2.24, 2.45) is 5.92 Å². The van der Waals surface area contributed by atoms with Gasteiger partial charge in [0.2, 0.25) is 0 Å². The van der Waals surface area contributed by atoms with Crippen molar-refractivity contribution in [3.05, 3.63) is 41.0 Å². The molecule has 0 aromatic heterocycles. The second kappa shape index (κ2) is 5.25. The third-order valence-corrected chi connectivity index (χ3v) is 3.14. The first kappa shape index (κ1) is 12.7. The highest BCUT2D eigenvalue weighted by Gasteiger charge is 2.27. The number of carboxylic acids is 1. The summed E-state index contributed by atoms with van der Waals surface area (Å²) in [7, 11) is 0. The fourth-order valence-electron chi connectivity index (χ4n) is 2.01. The van der Waals surface area contributed by atoms with Crippen molar-refractivity contribution in [1.82, 2.24) is 0 Å². The summed E-state index contributed by atoms with van der Waals surface area (Å²) in [6.45, 7) is 4.41. The zero-order valence-corrected chi connectivity index (χ0v) is 10.8. The van der Waals surface area contributed by atoms with Crippen LogP contribution in [0.5, 0.6) is 5.75 Å². The molecule has 18 heavy (non-hydrogen) atoms. The Morgan fingerprint density at radius 2 is 2.17 bits per heavy atom. The van der Waals surface area contributed by atoms with Crippen LogP contribution in [0.4, 0.5) is 0 Å². The number of rotatable bonds is 5. The van der Waals surface area contributed by atoms with Gasteiger partial charge in [0.15, 0.2) is 0 Å². The van der Waals surface area contributed by atoms with E-state index < -0.39 is 5.97 Å². The van der Waals surface area contributed by atoms with E-state index in [4.69, 9.17) is 9.84 Å². The zero-order valence-electron chi connectivity index (χ0n) is 10.8. The quantitative estimate of drug-likeness (QED) is 0.812. The van der Waals surface area contributed by atoms with Crippen LogP contribution in [0.25, 0.3) is 0 Å². The molecule has 1 saturated carbocycles. The molecule has 2 rings (SSSR count). The smallest absolute Gasteiger partial charge is 0.328 e. The van der Waals surface area contributed by atoms with E-state index in [0.717, 1.165) is 29.7 Å². The molecule has 0 atom stereocenters. The Hall–Kier alpha value is -1.77. The molecule has 1 aliphatic carbocycles. The van der Waals surface area contributed by atoms with Gasteiger partial charge < -0.3 is 9.84 Å². The van der Waals surface area contributed by atoms with E-state index in [1.807, 2.05) is 26.0 Å². The minimum absolute atomic E-state index is 0.376. The Balaban J connectivity index is 2.03. The second-order valence-electron chi connectivity index (χ2n) is 4.89. The molecule has 0 unspecified atom stereocenters. The maximum atomic E-state index is 10.7. The first-order chi connectivity index (χ1) is 8.56. The van der Waals surface area contributed by atoms with Gasteiger partial charge in [0, 0.05) is 6.08 Å². The van der Waals surface area contributed by atoms with Gasteiger partial charge in [-0.3, -0.25) is 0 Å². The van der Waals surface area contributed by atoms with E-state index in [-0.39, 0.29) is 0 Å². The summed E-state index contributed by atoms with van der Waals surface area (Å²) in [4.78, 5) is 10.7. The van der Waals surface area contributed by atoms with Gasteiger partial charge in [-0.15, -0.1) is 0 Å². The Morgan fingerprint density at radius 3 is 2.72 bits per heavy atom. The van der Waals surface area contributed by atoms with Crippen LogP contribution in [-0.4, -0.2) is 17.7 Å². The summed E-state index contributed by atoms with van der Waals surface area (Å²) in [5.74, 6) is 0.352. The predicted molar refractivity (Wildman–Crippen MR) is 69.9 cm³/mol. The third-order valence-electron chi connectivity index (χ3n) is 3.14. The number of carbonyl (C=O) groups is 1. The van der Waals surface area contributed by atoms with Crippen LogP contribution in [0.1, 0.15) is 24.0 Å². The average Bonchev–Trinajstić information content (AvgIpc) is 3.09. The number of aryl methyl sites for hydroxylation is 2. The zero-order chi connectivity index (χ0) is 13.1. The van der Waals surface area contributed by atoms with Gasteiger partial charge in [0.25, 0.3) is 0 Å². The van der Waals surface area contributed by atoms with E-state index in [1.54, 1.807) is 0 Å². The average molecular weight is 246 g/mol. The van der Waals surface area contributed by atoms with Crippen molar-refractivity contribution in [3.8, 4) is 5.75 Å².